The van der Waals surface area contributed by atoms with Crippen LogP contribution in [0.2, 0.25) is 0 Å². The van der Waals surface area contributed by atoms with Crippen LogP contribution in [0.3, 0.4) is 0 Å². The first kappa shape index (κ1) is 10.1. The maximum Gasteiger partial charge on any atom is 0.194 e. The second-order valence-corrected chi connectivity index (χ2v) is 5.70. The molecule has 2 heterocycles. The van der Waals surface area contributed by atoms with E-state index in [4.69, 9.17) is 0 Å². The van der Waals surface area contributed by atoms with Crippen LogP contribution < -0.4 is 5.32 Å². The standard InChI is InChI=1S/C10H19N3S/c1-7-6-11-10(12-7)13-4-5-14-9(3)8(13)2/h7-9H,4-6H2,1-3H3,(H,11,12). The van der Waals surface area contributed by atoms with Gasteiger partial charge in [0, 0.05) is 29.6 Å². The summed E-state index contributed by atoms with van der Waals surface area (Å²) in [6.07, 6.45) is 0. The highest BCUT2D eigenvalue weighted by molar-refractivity contribution is 8.00. The molecule has 0 aromatic carbocycles. The van der Waals surface area contributed by atoms with Crippen LogP contribution in [0.4, 0.5) is 0 Å². The fourth-order valence-electron chi connectivity index (χ4n) is 1.94. The zero-order valence-electron chi connectivity index (χ0n) is 9.16. The van der Waals surface area contributed by atoms with Gasteiger partial charge in [-0.15, -0.1) is 0 Å². The van der Waals surface area contributed by atoms with E-state index in [2.05, 4.69) is 47.7 Å². The number of hydrogen-bond donors (Lipinski definition) is 1. The Morgan fingerprint density at radius 2 is 2.21 bits per heavy atom. The molecule has 2 rings (SSSR count). The predicted octanol–water partition coefficient (Wildman–Crippen LogP) is 1.16. The highest BCUT2D eigenvalue weighted by atomic mass is 32.2. The molecule has 2 aliphatic rings. The average Bonchev–Trinajstić information content (AvgIpc) is 2.57. The average molecular weight is 213 g/mol. The van der Waals surface area contributed by atoms with Crippen molar-refractivity contribution in [3.05, 3.63) is 0 Å². The van der Waals surface area contributed by atoms with E-state index in [1.807, 2.05) is 0 Å². The summed E-state index contributed by atoms with van der Waals surface area (Å²) in [4.78, 5) is 6.97. The van der Waals surface area contributed by atoms with Gasteiger partial charge in [0.2, 0.25) is 0 Å². The summed E-state index contributed by atoms with van der Waals surface area (Å²) in [7, 11) is 0. The Balaban J connectivity index is 2.03. The zero-order valence-corrected chi connectivity index (χ0v) is 9.97. The van der Waals surface area contributed by atoms with Gasteiger partial charge in [-0.25, -0.2) is 0 Å². The number of nitrogens with zero attached hydrogens (tertiary/aromatic N) is 2. The Bertz CT molecular complexity index is 242. The van der Waals surface area contributed by atoms with Gasteiger partial charge >= 0.3 is 0 Å². The lowest BCUT2D eigenvalue weighted by Crippen LogP contribution is -2.52. The summed E-state index contributed by atoms with van der Waals surface area (Å²) in [5.41, 5.74) is 0. The lowest BCUT2D eigenvalue weighted by Gasteiger charge is -2.38. The van der Waals surface area contributed by atoms with E-state index in [9.17, 15) is 0 Å². The van der Waals surface area contributed by atoms with Crippen molar-refractivity contribution in [3.63, 3.8) is 0 Å². The van der Waals surface area contributed by atoms with Gasteiger partial charge in [-0.1, -0.05) is 6.92 Å². The highest BCUT2D eigenvalue weighted by Crippen LogP contribution is 2.24. The molecule has 0 aromatic rings. The first-order valence-electron chi connectivity index (χ1n) is 5.37. The van der Waals surface area contributed by atoms with E-state index in [1.54, 1.807) is 0 Å². The predicted molar refractivity (Wildman–Crippen MR) is 63.0 cm³/mol. The van der Waals surface area contributed by atoms with E-state index >= 15 is 0 Å². The molecule has 0 bridgehead atoms. The van der Waals surface area contributed by atoms with Crippen LogP contribution in [-0.4, -0.2) is 47.0 Å². The molecule has 0 aliphatic carbocycles. The Kier molecular flexibility index (Phi) is 2.91. The van der Waals surface area contributed by atoms with Crippen LogP contribution in [0.15, 0.2) is 4.99 Å². The van der Waals surface area contributed by atoms with Crippen LogP contribution in [0, 0.1) is 0 Å². The summed E-state index contributed by atoms with van der Waals surface area (Å²) in [5.74, 6) is 2.35. The van der Waals surface area contributed by atoms with Crippen LogP contribution in [0.5, 0.6) is 0 Å². The fourth-order valence-corrected chi connectivity index (χ4v) is 3.04. The lowest BCUT2D eigenvalue weighted by atomic mass is 10.2. The SMILES string of the molecule is CC1CN=C(N2CCSC(C)C2C)N1. The Morgan fingerprint density at radius 3 is 2.86 bits per heavy atom. The van der Waals surface area contributed by atoms with E-state index in [1.165, 1.54) is 5.75 Å². The van der Waals surface area contributed by atoms with Gasteiger partial charge in [0.05, 0.1) is 6.54 Å². The molecule has 4 heteroatoms. The van der Waals surface area contributed by atoms with Crippen molar-refractivity contribution in [2.24, 2.45) is 4.99 Å². The second kappa shape index (κ2) is 4.01. The minimum atomic E-state index is 0.516. The highest BCUT2D eigenvalue weighted by Gasteiger charge is 2.29. The van der Waals surface area contributed by atoms with Crippen LogP contribution in [0.1, 0.15) is 20.8 Å². The molecule has 14 heavy (non-hydrogen) atoms. The zero-order chi connectivity index (χ0) is 10.1. The van der Waals surface area contributed by atoms with Crippen molar-refractivity contribution in [3.8, 4) is 0 Å². The number of thioether (sulfide) groups is 1. The minimum Gasteiger partial charge on any atom is -0.352 e. The molecular formula is C10H19N3S. The molecule has 0 radical (unpaired) electrons. The van der Waals surface area contributed by atoms with Crippen molar-refractivity contribution < 1.29 is 0 Å². The van der Waals surface area contributed by atoms with Gasteiger partial charge < -0.3 is 10.2 Å². The van der Waals surface area contributed by atoms with Gasteiger partial charge in [-0.2, -0.15) is 11.8 Å². The smallest absolute Gasteiger partial charge is 0.194 e. The molecule has 0 amide bonds. The van der Waals surface area contributed by atoms with Gasteiger partial charge in [-0.05, 0) is 13.8 Å². The van der Waals surface area contributed by atoms with Crippen molar-refractivity contribution in [1.29, 1.82) is 0 Å². The maximum atomic E-state index is 4.55. The number of hydrogen-bond acceptors (Lipinski definition) is 4. The third-order valence-corrected chi connectivity index (χ3v) is 4.38. The Labute approximate surface area is 90.3 Å². The number of guanidine groups is 1. The molecular weight excluding hydrogens is 194 g/mol. The second-order valence-electron chi connectivity index (χ2n) is 4.22. The van der Waals surface area contributed by atoms with Crippen molar-refractivity contribution >= 4 is 17.7 Å². The molecule has 3 nitrogen and oxygen atoms in total. The molecule has 1 fully saturated rings. The first-order valence-corrected chi connectivity index (χ1v) is 6.42. The number of rotatable bonds is 0. The van der Waals surface area contributed by atoms with Crippen LogP contribution in [0.25, 0.3) is 0 Å². The summed E-state index contributed by atoms with van der Waals surface area (Å²) in [6, 6.07) is 1.12. The van der Waals surface area contributed by atoms with Crippen molar-refractivity contribution in [2.45, 2.75) is 38.1 Å². The summed E-state index contributed by atoms with van der Waals surface area (Å²) in [5, 5.41) is 4.15. The molecule has 0 spiro atoms. The molecule has 2 aliphatic heterocycles. The fraction of sp³-hybridized carbons (Fsp3) is 0.900. The third-order valence-electron chi connectivity index (χ3n) is 3.05. The van der Waals surface area contributed by atoms with Gasteiger partial charge in [0.25, 0.3) is 0 Å². The van der Waals surface area contributed by atoms with Crippen LogP contribution >= 0.6 is 11.8 Å². The molecule has 0 saturated carbocycles. The summed E-state index contributed by atoms with van der Waals surface area (Å²) < 4.78 is 0. The van der Waals surface area contributed by atoms with Gasteiger partial charge in [0.1, 0.15) is 0 Å². The quantitative estimate of drug-likeness (QED) is 0.654. The maximum absolute atomic E-state index is 4.55. The molecule has 0 aromatic heterocycles. The van der Waals surface area contributed by atoms with E-state index in [0.717, 1.165) is 19.0 Å². The summed E-state index contributed by atoms with van der Waals surface area (Å²) >= 11 is 2.07. The largest absolute Gasteiger partial charge is 0.352 e. The van der Waals surface area contributed by atoms with Crippen molar-refractivity contribution in [2.75, 3.05) is 18.8 Å². The molecule has 80 valence electrons. The summed E-state index contributed by atoms with van der Waals surface area (Å²) in [6.45, 7) is 8.85. The molecule has 1 N–H and O–H groups in total. The molecule has 1 saturated heterocycles. The number of nitrogens with one attached hydrogen (secondary N) is 1. The lowest BCUT2D eigenvalue weighted by molar-refractivity contribution is 0.325. The van der Waals surface area contributed by atoms with Gasteiger partial charge in [0.15, 0.2) is 5.96 Å². The Hall–Kier alpha value is -0.380. The minimum absolute atomic E-state index is 0.516. The van der Waals surface area contributed by atoms with E-state index < -0.39 is 0 Å². The topological polar surface area (TPSA) is 27.6 Å². The molecule has 3 atom stereocenters. The number of aliphatic imine (C=N–C) groups is 1. The van der Waals surface area contributed by atoms with Crippen LogP contribution in [-0.2, 0) is 0 Å². The first-order chi connectivity index (χ1) is 6.68. The van der Waals surface area contributed by atoms with Gasteiger partial charge in [-0.3, -0.25) is 4.99 Å². The third kappa shape index (κ3) is 1.85. The normalized spacial score (nSPS) is 38.1. The Morgan fingerprint density at radius 1 is 1.43 bits per heavy atom. The monoisotopic (exact) mass is 213 g/mol. The molecule has 3 unspecified atom stereocenters. The van der Waals surface area contributed by atoms with E-state index in [-0.39, 0.29) is 0 Å². The van der Waals surface area contributed by atoms with E-state index in [0.29, 0.717) is 17.3 Å². The van der Waals surface area contributed by atoms with Crippen molar-refractivity contribution in [1.82, 2.24) is 10.2 Å².